The standard InChI is InChI=1S/C18H23ClN4O3/c1-18(17(25)26-3,20-10-14-4-6-15(19)7-5-14)8-9-23(13-24)16-11-21-22(2)12-16/h4-7,11-13,20H,8-10H2,1-3H3. The molecule has 0 aliphatic carbocycles. The molecule has 1 heterocycles. The fourth-order valence-electron chi connectivity index (χ4n) is 2.53. The molecule has 1 atom stereocenters. The molecule has 2 aromatic rings. The van der Waals surface area contributed by atoms with E-state index >= 15 is 0 Å². The molecule has 1 aromatic carbocycles. The molecule has 1 aromatic heterocycles. The molecule has 0 aliphatic rings. The zero-order valence-corrected chi connectivity index (χ0v) is 15.9. The van der Waals surface area contributed by atoms with Crippen molar-refractivity contribution in [2.75, 3.05) is 18.6 Å². The first-order chi connectivity index (χ1) is 12.4. The molecule has 1 amide bonds. The highest BCUT2D eigenvalue weighted by molar-refractivity contribution is 6.30. The van der Waals surface area contributed by atoms with Crippen molar-refractivity contribution < 1.29 is 14.3 Å². The molecule has 0 fully saturated rings. The lowest BCUT2D eigenvalue weighted by molar-refractivity contribution is -0.148. The molecule has 7 nitrogen and oxygen atoms in total. The van der Waals surface area contributed by atoms with Crippen molar-refractivity contribution in [2.45, 2.75) is 25.4 Å². The highest BCUT2D eigenvalue weighted by atomic mass is 35.5. The number of nitrogens with zero attached hydrogens (tertiary/aromatic N) is 3. The van der Waals surface area contributed by atoms with Gasteiger partial charge >= 0.3 is 5.97 Å². The van der Waals surface area contributed by atoms with Gasteiger partial charge in [0, 0.05) is 31.4 Å². The van der Waals surface area contributed by atoms with Crippen LogP contribution in [0, 0.1) is 0 Å². The molecule has 0 aliphatic heterocycles. The van der Waals surface area contributed by atoms with E-state index in [1.54, 1.807) is 43.2 Å². The van der Waals surface area contributed by atoms with Crippen LogP contribution in [0.2, 0.25) is 5.02 Å². The first kappa shape index (κ1) is 19.9. The Morgan fingerprint density at radius 2 is 2.12 bits per heavy atom. The summed E-state index contributed by atoms with van der Waals surface area (Å²) >= 11 is 5.90. The number of amides is 1. The number of nitrogens with one attached hydrogen (secondary N) is 1. The molecular formula is C18H23ClN4O3. The van der Waals surface area contributed by atoms with Crippen LogP contribution >= 0.6 is 11.6 Å². The van der Waals surface area contributed by atoms with Crippen molar-refractivity contribution in [1.82, 2.24) is 15.1 Å². The Bertz CT molecular complexity index is 747. The molecule has 0 saturated carbocycles. The largest absolute Gasteiger partial charge is 0.468 e. The second kappa shape index (κ2) is 8.82. The number of aryl methyl sites for hydroxylation is 1. The number of ether oxygens (including phenoxy) is 1. The molecule has 140 valence electrons. The van der Waals surface area contributed by atoms with E-state index in [4.69, 9.17) is 16.3 Å². The zero-order chi connectivity index (χ0) is 19.2. The van der Waals surface area contributed by atoms with Crippen LogP contribution in [0.25, 0.3) is 0 Å². The van der Waals surface area contributed by atoms with Gasteiger partial charge in [0.1, 0.15) is 5.54 Å². The maximum atomic E-state index is 12.3. The van der Waals surface area contributed by atoms with Gasteiger partial charge in [0.15, 0.2) is 0 Å². The van der Waals surface area contributed by atoms with Crippen molar-refractivity contribution >= 4 is 29.7 Å². The summed E-state index contributed by atoms with van der Waals surface area (Å²) < 4.78 is 6.57. The van der Waals surface area contributed by atoms with Crippen molar-refractivity contribution in [2.24, 2.45) is 7.05 Å². The van der Waals surface area contributed by atoms with Gasteiger partial charge in [0.2, 0.25) is 6.41 Å². The van der Waals surface area contributed by atoms with Crippen molar-refractivity contribution in [3.8, 4) is 0 Å². The summed E-state index contributed by atoms with van der Waals surface area (Å²) in [5.41, 5.74) is 0.717. The number of benzene rings is 1. The highest BCUT2D eigenvalue weighted by Gasteiger charge is 2.34. The van der Waals surface area contributed by atoms with Gasteiger partial charge in [-0.3, -0.25) is 19.6 Å². The normalized spacial score (nSPS) is 13.1. The third-order valence-corrected chi connectivity index (χ3v) is 4.49. The van der Waals surface area contributed by atoms with Gasteiger partial charge in [0.25, 0.3) is 0 Å². The van der Waals surface area contributed by atoms with Crippen LogP contribution in [0.5, 0.6) is 0 Å². The molecule has 2 rings (SSSR count). The predicted molar refractivity (Wildman–Crippen MR) is 99.9 cm³/mol. The number of esters is 1. The fraction of sp³-hybridized carbons (Fsp3) is 0.389. The van der Waals surface area contributed by atoms with E-state index in [0.29, 0.717) is 30.2 Å². The number of aromatic nitrogens is 2. The molecule has 1 unspecified atom stereocenters. The minimum atomic E-state index is -0.947. The molecule has 0 spiro atoms. The lowest BCUT2D eigenvalue weighted by Crippen LogP contribution is -2.51. The van der Waals surface area contributed by atoms with E-state index in [2.05, 4.69) is 10.4 Å². The first-order valence-corrected chi connectivity index (χ1v) is 8.54. The minimum Gasteiger partial charge on any atom is -0.468 e. The van der Waals surface area contributed by atoms with Gasteiger partial charge in [-0.25, -0.2) is 0 Å². The number of methoxy groups -OCH3 is 1. The monoisotopic (exact) mass is 378 g/mol. The number of anilines is 1. The second-order valence-corrected chi connectivity index (χ2v) is 6.66. The molecular weight excluding hydrogens is 356 g/mol. The van der Waals surface area contributed by atoms with E-state index in [1.807, 2.05) is 12.1 Å². The van der Waals surface area contributed by atoms with Crippen LogP contribution in [0.1, 0.15) is 18.9 Å². The summed E-state index contributed by atoms with van der Waals surface area (Å²) in [7, 11) is 3.13. The zero-order valence-electron chi connectivity index (χ0n) is 15.1. The number of carbonyl (C=O) groups excluding carboxylic acids is 2. The molecule has 26 heavy (non-hydrogen) atoms. The molecule has 0 radical (unpaired) electrons. The first-order valence-electron chi connectivity index (χ1n) is 8.16. The van der Waals surface area contributed by atoms with Crippen molar-refractivity contribution in [3.63, 3.8) is 0 Å². The van der Waals surface area contributed by atoms with E-state index in [0.717, 1.165) is 12.0 Å². The molecule has 0 bridgehead atoms. The number of halogens is 1. The maximum Gasteiger partial charge on any atom is 0.325 e. The number of hydrogen-bond acceptors (Lipinski definition) is 5. The number of carbonyl (C=O) groups is 2. The summed E-state index contributed by atoms with van der Waals surface area (Å²) in [5.74, 6) is -0.386. The summed E-state index contributed by atoms with van der Waals surface area (Å²) in [6.45, 7) is 2.58. The average Bonchev–Trinajstić information content (AvgIpc) is 3.07. The van der Waals surface area contributed by atoms with E-state index in [9.17, 15) is 9.59 Å². The van der Waals surface area contributed by atoms with Gasteiger partial charge in [-0.2, -0.15) is 5.10 Å². The number of rotatable bonds is 9. The van der Waals surface area contributed by atoms with Gasteiger partial charge < -0.3 is 9.64 Å². The Morgan fingerprint density at radius 3 is 2.65 bits per heavy atom. The van der Waals surface area contributed by atoms with Crippen molar-refractivity contribution in [3.05, 3.63) is 47.2 Å². The summed E-state index contributed by atoms with van der Waals surface area (Å²) in [4.78, 5) is 25.3. The smallest absolute Gasteiger partial charge is 0.325 e. The Balaban J connectivity index is 2.06. The summed E-state index contributed by atoms with van der Waals surface area (Å²) in [6.07, 6.45) is 4.45. The van der Waals surface area contributed by atoms with Gasteiger partial charge in [-0.15, -0.1) is 0 Å². The van der Waals surface area contributed by atoms with Crippen molar-refractivity contribution in [1.29, 1.82) is 0 Å². The Kier molecular flexibility index (Phi) is 6.76. The number of hydrogen-bond donors (Lipinski definition) is 1. The van der Waals surface area contributed by atoms with Crippen LogP contribution < -0.4 is 10.2 Å². The maximum absolute atomic E-state index is 12.3. The minimum absolute atomic E-state index is 0.342. The fourth-order valence-corrected chi connectivity index (χ4v) is 2.66. The quantitative estimate of drug-likeness (QED) is 0.534. The summed E-state index contributed by atoms with van der Waals surface area (Å²) in [5, 5.41) is 7.96. The topological polar surface area (TPSA) is 76.5 Å². The Morgan fingerprint density at radius 1 is 1.42 bits per heavy atom. The molecule has 1 N–H and O–H groups in total. The van der Waals surface area contributed by atoms with E-state index < -0.39 is 5.54 Å². The van der Waals surface area contributed by atoms with Crippen LogP contribution in [-0.2, 0) is 27.9 Å². The van der Waals surface area contributed by atoms with E-state index in [1.165, 1.54) is 12.0 Å². The lowest BCUT2D eigenvalue weighted by Gasteiger charge is -2.30. The highest BCUT2D eigenvalue weighted by Crippen LogP contribution is 2.18. The van der Waals surface area contributed by atoms with Gasteiger partial charge in [-0.1, -0.05) is 23.7 Å². The Labute approximate surface area is 157 Å². The molecule has 0 saturated heterocycles. The second-order valence-electron chi connectivity index (χ2n) is 6.22. The SMILES string of the molecule is COC(=O)C(C)(CCN(C=O)c1cnn(C)c1)NCc1ccc(Cl)cc1. The third-order valence-electron chi connectivity index (χ3n) is 4.23. The van der Waals surface area contributed by atoms with Crippen LogP contribution in [0.4, 0.5) is 5.69 Å². The predicted octanol–water partition coefficient (Wildman–Crippen LogP) is 2.15. The van der Waals surface area contributed by atoms with Gasteiger partial charge in [0.05, 0.1) is 19.0 Å². The van der Waals surface area contributed by atoms with Gasteiger partial charge in [-0.05, 0) is 31.0 Å². The Hall–Kier alpha value is -2.38. The van der Waals surface area contributed by atoms with Crippen LogP contribution in [-0.4, -0.2) is 41.4 Å². The van der Waals surface area contributed by atoms with Crippen LogP contribution in [0.3, 0.4) is 0 Å². The van der Waals surface area contributed by atoms with E-state index in [-0.39, 0.29) is 5.97 Å². The van der Waals surface area contributed by atoms with Crippen LogP contribution in [0.15, 0.2) is 36.7 Å². The lowest BCUT2D eigenvalue weighted by atomic mass is 9.97. The summed E-state index contributed by atoms with van der Waals surface area (Å²) in [6, 6.07) is 7.37. The average molecular weight is 379 g/mol. The third kappa shape index (κ3) is 5.06. The molecule has 8 heteroatoms.